The van der Waals surface area contributed by atoms with Crippen molar-refractivity contribution < 1.29 is 13.6 Å². The van der Waals surface area contributed by atoms with Gasteiger partial charge in [-0.25, -0.2) is 13.8 Å². The second-order valence-corrected chi connectivity index (χ2v) is 6.28. The van der Waals surface area contributed by atoms with E-state index in [4.69, 9.17) is 0 Å². The first-order chi connectivity index (χ1) is 11.9. The first-order valence-electron chi connectivity index (χ1n) is 7.33. The van der Waals surface area contributed by atoms with Gasteiger partial charge in [-0.05, 0) is 30.3 Å². The zero-order chi connectivity index (χ0) is 18.0. The highest BCUT2D eigenvalue weighted by Gasteiger charge is 2.09. The molecule has 25 heavy (non-hydrogen) atoms. The van der Waals surface area contributed by atoms with Crippen molar-refractivity contribution in [1.82, 2.24) is 9.55 Å². The second kappa shape index (κ2) is 7.10. The van der Waals surface area contributed by atoms with E-state index >= 15 is 0 Å². The van der Waals surface area contributed by atoms with Crippen LogP contribution in [0.2, 0.25) is 0 Å². The van der Waals surface area contributed by atoms with Crippen molar-refractivity contribution in [2.75, 3.05) is 5.32 Å². The molecule has 0 unspecified atom stereocenters. The molecular formula is C17H12BrF2N3O2. The van der Waals surface area contributed by atoms with Gasteiger partial charge >= 0.3 is 0 Å². The number of halogens is 3. The van der Waals surface area contributed by atoms with E-state index in [0.29, 0.717) is 17.0 Å². The molecule has 5 nitrogen and oxygen atoms in total. The lowest BCUT2D eigenvalue weighted by atomic mass is 10.2. The molecule has 2 aromatic carbocycles. The molecule has 1 aromatic heterocycles. The first kappa shape index (κ1) is 17.2. The third-order valence-corrected chi connectivity index (χ3v) is 4.01. The molecule has 8 heteroatoms. The van der Waals surface area contributed by atoms with Crippen molar-refractivity contribution in [3.05, 3.63) is 69.2 Å². The van der Waals surface area contributed by atoms with E-state index in [1.807, 2.05) is 0 Å². The fourth-order valence-electron chi connectivity index (χ4n) is 2.36. The Kier molecular flexibility index (Phi) is 4.89. The van der Waals surface area contributed by atoms with Gasteiger partial charge in [-0.1, -0.05) is 15.9 Å². The number of benzene rings is 2. The number of hydrogen-bond donors (Lipinski definition) is 1. The zero-order valence-electron chi connectivity index (χ0n) is 12.8. The Morgan fingerprint density at radius 2 is 1.88 bits per heavy atom. The Balaban J connectivity index is 1.73. The van der Waals surface area contributed by atoms with Gasteiger partial charge in [-0.15, -0.1) is 0 Å². The van der Waals surface area contributed by atoms with Crippen LogP contribution in [0.3, 0.4) is 0 Å². The van der Waals surface area contributed by atoms with Crippen molar-refractivity contribution in [3.63, 3.8) is 0 Å². The zero-order valence-corrected chi connectivity index (χ0v) is 14.4. The molecule has 0 spiro atoms. The van der Waals surface area contributed by atoms with Crippen LogP contribution in [0.4, 0.5) is 14.5 Å². The largest absolute Gasteiger partial charge is 0.326 e. The molecule has 0 fully saturated rings. The summed E-state index contributed by atoms with van der Waals surface area (Å²) in [5.41, 5.74) is 0.315. The predicted octanol–water partition coefficient (Wildman–Crippen LogP) is 3.47. The maximum Gasteiger partial charge on any atom is 0.261 e. The Hall–Kier alpha value is -2.61. The average Bonchev–Trinajstić information content (AvgIpc) is 2.54. The molecule has 3 rings (SSSR count). The number of amides is 1. The SMILES string of the molecule is O=C(CCn1cnc2ccc(Br)cc2c1=O)Nc1cc(F)cc(F)c1. The third kappa shape index (κ3) is 4.08. The van der Waals surface area contributed by atoms with E-state index in [2.05, 4.69) is 26.2 Å². The van der Waals surface area contributed by atoms with Gasteiger partial charge in [0.25, 0.3) is 5.56 Å². The minimum Gasteiger partial charge on any atom is -0.326 e. The molecule has 0 saturated carbocycles. The third-order valence-electron chi connectivity index (χ3n) is 3.51. The lowest BCUT2D eigenvalue weighted by molar-refractivity contribution is -0.116. The van der Waals surface area contributed by atoms with Crippen LogP contribution >= 0.6 is 15.9 Å². The molecule has 0 saturated heterocycles. The molecule has 0 aliphatic rings. The van der Waals surface area contributed by atoms with E-state index in [1.54, 1.807) is 18.2 Å². The number of aromatic nitrogens is 2. The van der Waals surface area contributed by atoms with Crippen LogP contribution in [0, 0.1) is 11.6 Å². The summed E-state index contributed by atoms with van der Waals surface area (Å²) in [7, 11) is 0. The van der Waals surface area contributed by atoms with E-state index < -0.39 is 17.5 Å². The van der Waals surface area contributed by atoms with Gasteiger partial charge in [0.1, 0.15) is 11.6 Å². The molecular weight excluding hydrogens is 396 g/mol. The average molecular weight is 408 g/mol. The van der Waals surface area contributed by atoms with Crippen LogP contribution < -0.4 is 10.9 Å². The summed E-state index contributed by atoms with van der Waals surface area (Å²) < 4.78 is 28.3. The van der Waals surface area contributed by atoms with Crippen LogP contribution in [-0.2, 0) is 11.3 Å². The molecule has 1 amide bonds. The van der Waals surface area contributed by atoms with E-state index in [0.717, 1.165) is 16.6 Å². The van der Waals surface area contributed by atoms with Crippen molar-refractivity contribution >= 4 is 38.4 Å². The highest BCUT2D eigenvalue weighted by molar-refractivity contribution is 9.10. The topological polar surface area (TPSA) is 64.0 Å². The summed E-state index contributed by atoms with van der Waals surface area (Å²) in [6.07, 6.45) is 1.33. The second-order valence-electron chi connectivity index (χ2n) is 5.36. The number of carbonyl (C=O) groups is 1. The number of nitrogens with zero attached hydrogens (tertiary/aromatic N) is 2. The van der Waals surface area contributed by atoms with E-state index in [1.165, 1.54) is 10.9 Å². The molecule has 0 atom stereocenters. The van der Waals surface area contributed by atoms with Crippen LogP contribution in [0.25, 0.3) is 10.9 Å². The highest BCUT2D eigenvalue weighted by Crippen LogP contribution is 2.15. The summed E-state index contributed by atoms with van der Waals surface area (Å²) in [5.74, 6) is -2.03. The monoisotopic (exact) mass is 407 g/mol. The summed E-state index contributed by atoms with van der Waals surface area (Å²) in [4.78, 5) is 28.5. The standard InChI is InChI=1S/C17H12BrF2N3O2/c18-10-1-2-15-14(5-10)17(25)23(9-21-15)4-3-16(24)22-13-7-11(19)6-12(20)8-13/h1-2,5-9H,3-4H2,(H,22,24). The van der Waals surface area contributed by atoms with Crippen LogP contribution in [-0.4, -0.2) is 15.5 Å². The fourth-order valence-corrected chi connectivity index (χ4v) is 2.72. The number of anilines is 1. The summed E-state index contributed by atoms with van der Waals surface area (Å²) in [5, 5.41) is 2.83. The summed E-state index contributed by atoms with van der Waals surface area (Å²) in [6.45, 7) is 0.0952. The number of nitrogens with one attached hydrogen (secondary N) is 1. The highest BCUT2D eigenvalue weighted by atomic mass is 79.9. The van der Waals surface area contributed by atoms with Crippen LogP contribution in [0.5, 0.6) is 0 Å². The van der Waals surface area contributed by atoms with E-state index in [9.17, 15) is 18.4 Å². The summed E-state index contributed by atoms with van der Waals surface area (Å²) >= 11 is 3.30. The smallest absolute Gasteiger partial charge is 0.261 e. The molecule has 1 N–H and O–H groups in total. The Morgan fingerprint density at radius 1 is 1.16 bits per heavy atom. The molecule has 0 radical (unpaired) electrons. The quantitative estimate of drug-likeness (QED) is 0.719. The number of fused-ring (bicyclic) bond motifs is 1. The van der Waals surface area contributed by atoms with E-state index in [-0.39, 0.29) is 24.2 Å². The maximum absolute atomic E-state index is 13.1. The molecule has 0 bridgehead atoms. The Bertz CT molecular complexity index is 1000. The minimum atomic E-state index is -0.782. The van der Waals surface area contributed by atoms with Gasteiger partial charge in [-0.2, -0.15) is 0 Å². The van der Waals surface area contributed by atoms with Crippen molar-refractivity contribution in [3.8, 4) is 0 Å². The number of carbonyl (C=O) groups excluding carboxylic acids is 1. The summed E-state index contributed by atoms with van der Waals surface area (Å²) in [6, 6.07) is 7.91. The molecule has 128 valence electrons. The van der Waals surface area contributed by atoms with Crippen molar-refractivity contribution in [2.24, 2.45) is 0 Å². The van der Waals surface area contributed by atoms with Crippen molar-refractivity contribution in [1.29, 1.82) is 0 Å². The van der Waals surface area contributed by atoms with Gasteiger partial charge in [0.05, 0.1) is 17.2 Å². The van der Waals surface area contributed by atoms with Gasteiger partial charge in [-0.3, -0.25) is 14.2 Å². The number of rotatable bonds is 4. The lowest BCUT2D eigenvalue weighted by Crippen LogP contribution is -2.23. The fraction of sp³-hybridized carbons (Fsp3) is 0.118. The number of hydrogen-bond acceptors (Lipinski definition) is 3. The molecule has 1 heterocycles. The minimum absolute atomic E-state index is 0.0235. The molecule has 3 aromatic rings. The van der Waals surface area contributed by atoms with Crippen molar-refractivity contribution in [2.45, 2.75) is 13.0 Å². The Morgan fingerprint density at radius 3 is 2.60 bits per heavy atom. The normalized spacial score (nSPS) is 10.8. The Labute approximate surface area is 149 Å². The maximum atomic E-state index is 13.1. The van der Waals surface area contributed by atoms with Gasteiger partial charge < -0.3 is 5.32 Å². The first-order valence-corrected chi connectivity index (χ1v) is 8.12. The van der Waals surface area contributed by atoms with Gasteiger partial charge in [0.2, 0.25) is 5.91 Å². The molecule has 0 aliphatic heterocycles. The van der Waals surface area contributed by atoms with Gasteiger partial charge in [0, 0.05) is 29.2 Å². The lowest BCUT2D eigenvalue weighted by Gasteiger charge is -2.08. The predicted molar refractivity (Wildman–Crippen MR) is 93.3 cm³/mol. The van der Waals surface area contributed by atoms with Crippen LogP contribution in [0.1, 0.15) is 6.42 Å². The molecule has 0 aliphatic carbocycles. The van der Waals surface area contributed by atoms with Crippen LogP contribution in [0.15, 0.2) is 52.0 Å². The number of aryl methyl sites for hydroxylation is 1. The van der Waals surface area contributed by atoms with Gasteiger partial charge in [0.15, 0.2) is 0 Å².